The van der Waals surface area contributed by atoms with Gasteiger partial charge in [-0.05, 0) is 62.5 Å². The van der Waals surface area contributed by atoms with E-state index in [0.29, 0.717) is 32.2 Å². The van der Waals surface area contributed by atoms with Gasteiger partial charge in [0.15, 0.2) is 0 Å². The van der Waals surface area contributed by atoms with Crippen LogP contribution in [0.25, 0.3) is 0 Å². The molecule has 8 N–H and O–H groups in total. The monoisotopic (exact) mass is 588 g/mol. The number of nitrogens with zero attached hydrogens (tertiary/aromatic N) is 1. The summed E-state index contributed by atoms with van der Waals surface area (Å²) in [6, 6.07) is 4.70. The maximum Gasteiger partial charge on any atom is 0.326 e. The molecule has 12 nitrogen and oxygen atoms in total. The number of carboxylic acids is 1. The minimum atomic E-state index is -1.16. The van der Waals surface area contributed by atoms with Gasteiger partial charge in [-0.3, -0.25) is 19.2 Å². The zero-order valence-corrected chi connectivity index (χ0v) is 25.2. The highest BCUT2D eigenvalue weighted by atomic mass is 16.4. The van der Waals surface area contributed by atoms with Crippen LogP contribution in [0, 0.1) is 11.8 Å². The third-order valence-electron chi connectivity index (χ3n) is 7.35. The quantitative estimate of drug-likeness (QED) is 0.161. The highest BCUT2D eigenvalue weighted by Gasteiger charge is 2.38. The van der Waals surface area contributed by atoms with Gasteiger partial charge in [-0.2, -0.15) is 0 Å². The zero-order valence-electron chi connectivity index (χ0n) is 25.2. The number of aliphatic carboxylic acids is 1. The molecule has 0 saturated carbocycles. The van der Waals surface area contributed by atoms with Crippen molar-refractivity contribution in [3.63, 3.8) is 0 Å². The lowest BCUT2D eigenvalue weighted by molar-refractivity contribution is -0.143. The van der Waals surface area contributed by atoms with E-state index in [1.165, 1.54) is 4.90 Å². The minimum Gasteiger partial charge on any atom is -0.480 e. The lowest BCUT2D eigenvalue weighted by Gasteiger charge is -2.30. The number of rotatable bonds is 16. The maximum absolute atomic E-state index is 13.4. The normalized spacial score (nSPS) is 17.8. The van der Waals surface area contributed by atoms with Crippen LogP contribution >= 0.6 is 0 Å². The smallest absolute Gasteiger partial charge is 0.326 e. The lowest BCUT2D eigenvalue weighted by atomic mass is 10.0. The van der Waals surface area contributed by atoms with Crippen LogP contribution in [0.15, 0.2) is 30.3 Å². The Bertz CT molecular complexity index is 1070. The Hall–Kier alpha value is -3.51. The molecule has 1 aromatic rings. The van der Waals surface area contributed by atoms with E-state index in [1.807, 2.05) is 44.2 Å². The van der Waals surface area contributed by atoms with E-state index in [9.17, 15) is 29.1 Å². The summed E-state index contributed by atoms with van der Waals surface area (Å²) in [5.74, 6) is -3.47. The van der Waals surface area contributed by atoms with Gasteiger partial charge in [0.05, 0.1) is 6.04 Å². The second kappa shape index (κ2) is 16.8. The van der Waals surface area contributed by atoms with E-state index in [1.54, 1.807) is 13.8 Å². The van der Waals surface area contributed by atoms with E-state index < -0.39 is 53.9 Å². The molecule has 0 radical (unpaired) electrons. The zero-order chi connectivity index (χ0) is 31.4. The third-order valence-corrected chi connectivity index (χ3v) is 7.35. The maximum atomic E-state index is 13.4. The summed E-state index contributed by atoms with van der Waals surface area (Å²) < 4.78 is 0. The molecule has 0 unspecified atom stereocenters. The van der Waals surface area contributed by atoms with E-state index >= 15 is 0 Å². The summed E-state index contributed by atoms with van der Waals surface area (Å²) in [7, 11) is 0. The van der Waals surface area contributed by atoms with Crippen molar-refractivity contribution < 1.29 is 29.1 Å². The van der Waals surface area contributed by atoms with Gasteiger partial charge in [0.1, 0.15) is 24.2 Å². The first-order valence-electron chi connectivity index (χ1n) is 14.8. The molecule has 5 atom stereocenters. The Morgan fingerprint density at radius 1 is 0.976 bits per heavy atom. The molecular weight excluding hydrogens is 540 g/mol. The van der Waals surface area contributed by atoms with Crippen LogP contribution in [0.2, 0.25) is 0 Å². The Labute approximate surface area is 248 Å². The van der Waals surface area contributed by atoms with Crippen LogP contribution in [0.4, 0.5) is 0 Å². The number of carboxylic acid groups (broad SMARTS) is 1. The van der Waals surface area contributed by atoms with Crippen molar-refractivity contribution in [3.05, 3.63) is 35.9 Å². The number of benzene rings is 1. The highest BCUT2D eigenvalue weighted by molar-refractivity contribution is 5.95. The number of nitrogens with one attached hydrogen (secondary N) is 3. The molecule has 4 amide bonds. The number of hydrogen-bond donors (Lipinski definition) is 6. The Morgan fingerprint density at radius 3 is 2.19 bits per heavy atom. The standard InChI is InChI=1S/C30H48N6O6/c1-18(2)16-23(30(41)42)34-26(37)22(12-8-14-31)33-28(39)25(19(3)4)35-27(38)24-13-9-15-36(24)29(40)21(32)17-20-10-6-5-7-11-20/h5-7,10-11,18-19,21-25H,8-9,12-17,31-32H2,1-4H3,(H,33,39)(H,34,37)(H,35,38)(H,41,42)/t21-,22-,23-,24-,25-/m0/s1. The van der Waals surface area contributed by atoms with Crippen LogP contribution in [-0.4, -0.2) is 82.9 Å². The van der Waals surface area contributed by atoms with Crippen molar-refractivity contribution in [2.24, 2.45) is 23.3 Å². The van der Waals surface area contributed by atoms with Crippen LogP contribution < -0.4 is 27.4 Å². The minimum absolute atomic E-state index is 0.0268. The van der Waals surface area contributed by atoms with Crippen LogP contribution in [-0.2, 0) is 30.4 Å². The van der Waals surface area contributed by atoms with Gasteiger partial charge >= 0.3 is 5.97 Å². The second-order valence-corrected chi connectivity index (χ2v) is 11.7. The molecule has 0 spiro atoms. The van der Waals surface area contributed by atoms with Crippen molar-refractivity contribution in [3.8, 4) is 0 Å². The molecule has 1 fully saturated rings. The average molecular weight is 589 g/mol. The molecule has 1 aliphatic rings. The number of nitrogens with two attached hydrogens (primary N) is 2. The first-order valence-corrected chi connectivity index (χ1v) is 14.8. The van der Waals surface area contributed by atoms with E-state index in [4.69, 9.17) is 11.5 Å². The molecule has 2 rings (SSSR count). The molecule has 1 aromatic carbocycles. The number of likely N-dealkylation sites (tertiary alicyclic amines) is 1. The van der Waals surface area contributed by atoms with Crippen molar-refractivity contribution in [1.82, 2.24) is 20.9 Å². The number of carbonyl (C=O) groups excluding carboxylic acids is 4. The molecule has 0 aliphatic carbocycles. The van der Waals surface area contributed by atoms with Crippen LogP contribution in [0.3, 0.4) is 0 Å². The molecule has 1 saturated heterocycles. The lowest BCUT2D eigenvalue weighted by Crippen LogP contribution is -2.59. The molecule has 0 aromatic heterocycles. The summed E-state index contributed by atoms with van der Waals surface area (Å²) in [5.41, 5.74) is 12.8. The summed E-state index contributed by atoms with van der Waals surface area (Å²) in [6.07, 6.45) is 2.26. The van der Waals surface area contributed by atoms with Crippen LogP contribution in [0.5, 0.6) is 0 Å². The fourth-order valence-electron chi connectivity index (χ4n) is 5.07. The first-order chi connectivity index (χ1) is 19.8. The first kappa shape index (κ1) is 34.7. The van der Waals surface area contributed by atoms with Gasteiger partial charge in [-0.1, -0.05) is 58.0 Å². The molecule has 234 valence electrons. The molecule has 12 heteroatoms. The number of carbonyl (C=O) groups is 5. The van der Waals surface area contributed by atoms with E-state index in [0.717, 1.165) is 5.56 Å². The van der Waals surface area contributed by atoms with Gasteiger partial charge in [-0.15, -0.1) is 0 Å². The van der Waals surface area contributed by atoms with Gasteiger partial charge in [0.2, 0.25) is 23.6 Å². The fourth-order valence-corrected chi connectivity index (χ4v) is 5.07. The topological polar surface area (TPSA) is 197 Å². The number of hydrogen-bond acceptors (Lipinski definition) is 7. The molecule has 1 aliphatic heterocycles. The average Bonchev–Trinajstić information content (AvgIpc) is 3.43. The van der Waals surface area contributed by atoms with Crippen molar-refractivity contribution in [2.75, 3.05) is 13.1 Å². The van der Waals surface area contributed by atoms with E-state index in [2.05, 4.69) is 16.0 Å². The SMILES string of the molecule is CC(C)C[C@H](NC(=O)[C@H](CCCN)NC(=O)[C@@H](NC(=O)[C@@H]1CCCN1C(=O)[C@@H](N)Cc1ccccc1)C(C)C)C(=O)O. The van der Waals surface area contributed by atoms with Crippen LogP contribution in [0.1, 0.15) is 65.4 Å². The summed E-state index contributed by atoms with van der Waals surface area (Å²) in [4.78, 5) is 66.2. The van der Waals surface area contributed by atoms with E-state index in [-0.39, 0.29) is 37.1 Å². The molecular formula is C30H48N6O6. The van der Waals surface area contributed by atoms with Gasteiger partial charge in [0.25, 0.3) is 0 Å². The predicted octanol–water partition coefficient (Wildman–Crippen LogP) is 0.527. The van der Waals surface area contributed by atoms with Gasteiger partial charge in [0, 0.05) is 6.54 Å². The molecule has 0 bridgehead atoms. The molecule has 42 heavy (non-hydrogen) atoms. The Kier molecular flexibility index (Phi) is 13.9. The Morgan fingerprint density at radius 2 is 1.62 bits per heavy atom. The fraction of sp³-hybridized carbons (Fsp3) is 0.633. The summed E-state index contributed by atoms with van der Waals surface area (Å²) in [6.45, 7) is 7.88. The summed E-state index contributed by atoms with van der Waals surface area (Å²) >= 11 is 0. The van der Waals surface area contributed by atoms with Gasteiger partial charge in [-0.25, -0.2) is 4.79 Å². The molecule has 1 heterocycles. The van der Waals surface area contributed by atoms with Gasteiger partial charge < -0.3 is 37.4 Å². The summed E-state index contributed by atoms with van der Waals surface area (Å²) in [5, 5.41) is 17.5. The van der Waals surface area contributed by atoms with Crippen molar-refractivity contribution in [2.45, 2.75) is 96.4 Å². The predicted molar refractivity (Wildman–Crippen MR) is 159 cm³/mol. The van der Waals surface area contributed by atoms with Crippen molar-refractivity contribution in [1.29, 1.82) is 0 Å². The third kappa shape index (κ3) is 10.4. The second-order valence-electron chi connectivity index (χ2n) is 11.7. The Balaban J connectivity index is 2.10. The number of amides is 4. The highest BCUT2D eigenvalue weighted by Crippen LogP contribution is 2.20. The van der Waals surface area contributed by atoms with Crippen molar-refractivity contribution >= 4 is 29.6 Å². The largest absolute Gasteiger partial charge is 0.480 e.